The van der Waals surface area contributed by atoms with Gasteiger partial charge in [-0.3, -0.25) is 9.67 Å². The molecule has 0 aliphatic carbocycles. The summed E-state index contributed by atoms with van der Waals surface area (Å²) in [4.78, 5) is 9.16. The molecule has 1 aromatic heterocycles. The lowest BCUT2D eigenvalue weighted by Crippen LogP contribution is -2.39. The van der Waals surface area contributed by atoms with E-state index in [0.29, 0.717) is 13.1 Å². The first-order valence-electron chi connectivity index (χ1n) is 9.74. The van der Waals surface area contributed by atoms with Gasteiger partial charge in [0, 0.05) is 50.6 Å². The molecule has 0 radical (unpaired) electrons. The Morgan fingerprint density at radius 3 is 2.50 bits per heavy atom. The Balaban J connectivity index is 0.00000450. The number of hydrogen-bond acceptors (Lipinski definition) is 5. The smallest absolute Gasteiger partial charge is 0.194 e. The van der Waals surface area contributed by atoms with E-state index in [2.05, 4.69) is 41.2 Å². The number of likely N-dealkylation sites (N-methyl/N-ethyl adjacent to an activating group) is 1. The zero-order valence-corrected chi connectivity index (χ0v) is 21.4. The highest BCUT2D eigenvalue weighted by Gasteiger charge is 2.17. The number of rotatable bonds is 9. The van der Waals surface area contributed by atoms with E-state index in [1.54, 1.807) is 14.2 Å². The molecule has 1 unspecified atom stereocenters. The topological polar surface area (TPSA) is 67.2 Å². The maximum Gasteiger partial charge on any atom is 0.194 e. The quantitative estimate of drug-likeness (QED) is 0.306. The van der Waals surface area contributed by atoms with Crippen molar-refractivity contribution in [2.75, 3.05) is 48.5 Å². The fourth-order valence-electron chi connectivity index (χ4n) is 3.13. The molecule has 0 saturated heterocycles. The van der Waals surface area contributed by atoms with Gasteiger partial charge in [-0.15, -0.1) is 24.0 Å². The Morgan fingerprint density at radius 1 is 1.23 bits per heavy atom. The van der Waals surface area contributed by atoms with E-state index in [1.807, 2.05) is 49.4 Å². The second-order valence-corrected chi connectivity index (χ2v) is 7.16. The summed E-state index contributed by atoms with van der Waals surface area (Å²) in [6.45, 7) is 4.16. The normalized spacial score (nSPS) is 12.3. The van der Waals surface area contributed by atoms with Crippen molar-refractivity contribution in [3.05, 3.63) is 41.7 Å². The highest BCUT2D eigenvalue weighted by atomic mass is 127. The molecule has 2 rings (SSSR count). The zero-order valence-electron chi connectivity index (χ0n) is 19.0. The van der Waals surface area contributed by atoms with Crippen molar-refractivity contribution in [1.82, 2.24) is 24.9 Å². The van der Waals surface area contributed by atoms with Gasteiger partial charge in [-0.25, -0.2) is 0 Å². The molecule has 0 saturated carbocycles. The van der Waals surface area contributed by atoms with E-state index in [4.69, 9.17) is 14.5 Å². The number of guanidine groups is 1. The van der Waals surface area contributed by atoms with Gasteiger partial charge >= 0.3 is 0 Å². The molecule has 0 aliphatic rings. The number of nitrogens with one attached hydrogen (secondary N) is 1. The van der Waals surface area contributed by atoms with Crippen molar-refractivity contribution < 1.29 is 9.47 Å². The first-order valence-corrected chi connectivity index (χ1v) is 9.74. The highest BCUT2D eigenvalue weighted by molar-refractivity contribution is 14.0. The minimum atomic E-state index is 0. The molecule has 30 heavy (non-hydrogen) atoms. The third-order valence-electron chi connectivity index (χ3n) is 4.75. The fourth-order valence-corrected chi connectivity index (χ4v) is 3.13. The van der Waals surface area contributed by atoms with Crippen molar-refractivity contribution in [2.45, 2.75) is 19.5 Å². The molecule has 1 atom stereocenters. The number of benzene rings is 1. The van der Waals surface area contributed by atoms with Crippen molar-refractivity contribution in [3.63, 3.8) is 0 Å². The number of nitrogens with zero attached hydrogens (tertiary/aromatic N) is 5. The van der Waals surface area contributed by atoms with Gasteiger partial charge in [0.05, 0.1) is 33.0 Å². The number of methoxy groups -OCH3 is 2. The Labute approximate surface area is 197 Å². The summed E-state index contributed by atoms with van der Waals surface area (Å²) in [6.07, 6.45) is 3.94. The molecule has 1 N–H and O–H groups in total. The molecule has 1 heterocycles. The predicted molar refractivity (Wildman–Crippen MR) is 132 cm³/mol. The first-order chi connectivity index (χ1) is 13.9. The Bertz CT molecular complexity index is 809. The number of aryl methyl sites for hydroxylation is 1. The molecule has 0 aliphatic heterocycles. The number of aromatic nitrogens is 2. The third-order valence-corrected chi connectivity index (χ3v) is 4.75. The van der Waals surface area contributed by atoms with E-state index in [0.717, 1.165) is 35.1 Å². The van der Waals surface area contributed by atoms with Crippen LogP contribution in [-0.4, -0.2) is 74.0 Å². The van der Waals surface area contributed by atoms with Crippen LogP contribution in [0, 0.1) is 0 Å². The van der Waals surface area contributed by atoms with Crippen LogP contribution in [-0.2, 0) is 13.6 Å². The number of aliphatic imine (C=N–C) groups is 1. The van der Waals surface area contributed by atoms with E-state index < -0.39 is 0 Å². The van der Waals surface area contributed by atoms with Crippen LogP contribution in [0.5, 0.6) is 11.5 Å². The summed E-state index contributed by atoms with van der Waals surface area (Å²) in [7, 11) is 11.4. The van der Waals surface area contributed by atoms with Gasteiger partial charge in [-0.2, -0.15) is 5.10 Å². The number of hydrogen-bond donors (Lipinski definition) is 1. The van der Waals surface area contributed by atoms with E-state index >= 15 is 0 Å². The maximum absolute atomic E-state index is 5.54. The monoisotopic (exact) mass is 530 g/mol. The minimum Gasteiger partial charge on any atom is -0.497 e. The van der Waals surface area contributed by atoms with E-state index in [1.165, 1.54) is 0 Å². The highest BCUT2D eigenvalue weighted by Crippen LogP contribution is 2.25. The van der Waals surface area contributed by atoms with E-state index in [-0.39, 0.29) is 30.0 Å². The molecule has 1 aromatic carbocycles. The van der Waals surface area contributed by atoms with Gasteiger partial charge in [0.2, 0.25) is 0 Å². The molecule has 2 aromatic rings. The summed E-state index contributed by atoms with van der Waals surface area (Å²) in [5, 5.41) is 7.68. The number of halogens is 1. The van der Waals surface area contributed by atoms with Gasteiger partial charge in [0.1, 0.15) is 11.5 Å². The van der Waals surface area contributed by atoms with Crippen LogP contribution in [0.25, 0.3) is 0 Å². The van der Waals surface area contributed by atoms with Crippen LogP contribution >= 0.6 is 24.0 Å². The number of ether oxygens (including phenoxy) is 2. The second kappa shape index (κ2) is 12.6. The van der Waals surface area contributed by atoms with Crippen molar-refractivity contribution in [1.29, 1.82) is 0 Å². The maximum atomic E-state index is 5.54. The average molecular weight is 530 g/mol. The van der Waals surface area contributed by atoms with Crippen molar-refractivity contribution >= 4 is 29.9 Å². The van der Waals surface area contributed by atoms with Gasteiger partial charge in [-0.1, -0.05) is 0 Å². The second-order valence-electron chi connectivity index (χ2n) is 7.16. The minimum absolute atomic E-state index is 0. The predicted octanol–water partition coefficient (Wildman–Crippen LogP) is 2.76. The molecule has 9 heteroatoms. The lowest BCUT2D eigenvalue weighted by molar-refractivity contribution is 0.305. The standard InChI is InChI=1S/C21H34N6O2.HI/c1-8-22-21(23-13-19(25(2)3)17-12-24-27(5)15-17)26(4)14-16-9-10-18(28-6)11-20(16)29-7;/h9-12,15,19H,8,13-14H2,1-7H3,(H,22,23);1H. The van der Waals surface area contributed by atoms with Gasteiger partial charge in [0.15, 0.2) is 5.96 Å². The largest absolute Gasteiger partial charge is 0.497 e. The molecule has 0 amide bonds. The SMILES string of the molecule is CCNC(=NCC(c1cnn(C)c1)N(C)C)N(C)Cc1ccc(OC)cc1OC.I. The lowest BCUT2D eigenvalue weighted by Gasteiger charge is -2.26. The molecule has 168 valence electrons. The Morgan fingerprint density at radius 2 is 1.97 bits per heavy atom. The molecular formula is C21H35IN6O2. The molecular weight excluding hydrogens is 495 g/mol. The van der Waals surface area contributed by atoms with Crippen LogP contribution in [0.3, 0.4) is 0 Å². The fraction of sp³-hybridized carbons (Fsp3) is 0.524. The zero-order chi connectivity index (χ0) is 21.4. The van der Waals surface area contributed by atoms with Crippen LogP contribution in [0.15, 0.2) is 35.6 Å². The van der Waals surface area contributed by atoms with Crippen molar-refractivity contribution in [2.24, 2.45) is 12.0 Å². The van der Waals surface area contributed by atoms with Crippen LogP contribution in [0.2, 0.25) is 0 Å². The van der Waals surface area contributed by atoms with Gasteiger partial charge in [0.25, 0.3) is 0 Å². The molecule has 0 spiro atoms. The van der Waals surface area contributed by atoms with Crippen LogP contribution < -0.4 is 14.8 Å². The lowest BCUT2D eigenvalue weighted by atomic mass is 10.1. The van der Waals surface area contributed by atoms with Crippen LogP contribution in [0.1, 0.15) is 24.1 Å². The summed E-state index contributed by atoms with van der Waals surface area (Å²) < 4.78 is 12.7. The summed E-state index contributed by atoms with van der Waals surface area (Å²) in [5.74, 6) is 2.42. The van der Waals surface area contributed by atoms with Gasteiger partial charge < -0.3 is 24.6 Å². The average Bonchev–Trinajstić information content (AvgIpc) is 3.13. The molecule has 8 nitrogen and oxygen atoms in total. The third kappa shape index (κ3) is 7.05. The van der Waals surface area contributed by atoms with Crippen molar-refractivity contribution in [3.8, 4) is 11.5 Å². The first kappa shape index (κ1) is 26.0. The van der Waals surface area contributed by atoms with E-state index in [9.17, 15) is 0 Å². The molecule has 0 fully saturated rings. The Kier molecular flexibility index (Phi) is 11.0. The summed E-state index contributed by atoms with van der Waals surface area (Å²) in [5.41, 5.74) is 2.22. The van der Waals surface area contributed by atoms with Crippen LogP contribution in [0.4, 0.5) is 0 Å². The van der Waals surface area contributed by atoms with Gasteiger partial charge in [-0.05, 0) is 33.2 Å². The summed E-state index contributed by atoms with van der Waals surface area (Å²) in [6, 6.07) is 6.02. The molecule has 0 bridgehead atoms. The summed E-state index contributed by atoms with van der Waals surface area (Å²) >= 11 is 0. The Hall–Kier alpha value is -2.01.